The number of rotatable bonds is 5. The molecule has 0 aliphatic rings. The van der Waals surface area contributed by atoms with Crippen LogP contribution in [0.15, 0.2) is 42.5 Å². The standard InChI is InChI=1S/C20H25NO2/c1-13(2)17-12-18(14(3)11-19(17)23-5)15(4)21-20(22)16-9-7-6-8-10-16/h6-13,15H,1-5H3,(H,21,22)/t15-/m1/s1. The van der Waals surface area contributed by atoms with Crippen LogP contribution in [0.2, 0.25) is 0 Å². The molecule has 1 amide bonds. The highest BCUT2D eigenvalue weighted by Crippen LogP contribution is 2.32. The second kappa shape index (κ2) is 7.32. The van der Waals surface area contributed by atoms with Crippen molar-refractivity contribution in [1.82, 2.24) is 5.32 Å². The maximum absolute atomic E-state index is 12.3. The molecule has 0 saturated heterocycles. The molecule has 2 rings (SSSR count). The highest BCUT2D eigenvalue weighted by molar-refractivity contribution is 5.94. The lowest BCUT2D eigenvalue weighted by atomic mass is 9.93. The Morgan fingerprint density at radius 1 is 1.04 bits per heavy atom. The van der Waals surface area contributed by atoms with Crippen LogP contribution in [0, 0.1) is 6.92 Å². The molecule has 3 nitrogen and oxygen atoms in total. The summed E-state index contributed by atoms with van der Waals surface area (Å²) in [6.07, 6.45) is 0. The Bertz CT molecular complexity index is 678. The van der Waals surface area contributed by atoms with E-state index >= 15 is 0 Å². The first kappa shape index (κ1) is 17.1. The maximum atomic E-state index is 12.3. The summed E-state index contributed by atoms with van der Waals surface area (Å²) in [7, 11) is 1.70. The van der Waals surface area contributed by atoms with E-state index in [1.807, 2.05) is 44.2 Å². The monoisotopic (exact) mass is 311 g/mol. The van der Waals surface area contributed by atoms with Gasteiger partial charge in [0.1, 0.15) is 5.75 Å². The summed E-state index contributed by atoms with van der Waals surface area (Å²) < 4.78 is 5.49. The average molecular weight is 311 g/mol. The fourth-order valence-corrected chi connectivity index (χ4v) is 2.76. The van der Waals surface area contributed by atoms with Crippen molar-refractivity contribution in [3.8, 4) is 5.75 Å². The van der Waals surface area contributed by atoms with E-state index in [2.05, 4.69) is 31.3 Å². The van der Waals surface area contributed by atoms with Gasteiger partial charge in [-0.05, 0) is 60.7 Å². The van der Waals surface area contributed by atoms with E-state index in [0.717, 1.165) is 22.4 Å². The highest BCUT2D eigenvalue weighted by atomic mass is 16.5. The molecule has 0 aliphatic heterocycles. The van der Waals surface area contributed by atoms with Crippen molar-refractivity contribution in [3.63, 3.8) is 0 Å². The summed E-state index contributed by atoms with van der Waals surface area (Å²) in [5, 5.41) is 3.08. The number of benzene rings is 2. The first-order chi connectivity index (χ1) is 10.9. The second-order valence-electron chi connectivity index (χ2n) is 6.17. The van der Waals surface area contributed by atoms with Crippen molar-refractivity contribution < 1.29 is 9.53 Å². The fourth-order valence-electron chi connectivity index (χ4n) is 2.76. The highest BCUT2D eigenvalue weighted by Gasteiger charge is 2.17. The first-order valence-electron chi connectivity index (χ1n) is 7.98. The van der Waals surface area contributed by atoms with E-state index < -0.39 is 0 Å². The van der Waals surface area contributed by atoms with Gasteiger partial charge in [-0.2, -0.15) is 0 Å². The topological polar surface area (TPSA) is 38.3 Å². The Hall–Kier alpha value is -2.29. The third kappa shape index (κ3) is 3.92. The number of methoxy groups -OCH3 is 1. The lowest BCUT2D eigenvalue weighted by molar-refractivity contribution is 0.0940. The smallest absolute Gasteiger partial charge is 0.251 e. The van der Waals surface area contributed by atoms with Gasteiger partial charge in [-0.3, -0.25) is 4.79 Å². The molecule has 0 spiro atoms. The van der Waals surface area contributed by atoms with Crippen LogP contribution in [0.1, 0.15) is 59.8 Å². The predicted molar refractivity (Wildman–Crippen MR) is 94.1 cm³/mol. The third-order valence-corrected chi connectivity index (χ3v) is 4.09. The molecule has 0 bridgehead atoms. The molecule has 0 unspecified atom stereocenters. The van der Waals surface area contributed by atoms with Crippen molar-refractivity contribution in [1.29, 1.82) is 0 Å². The van der Waals surface area contributed by atoms with Crippen LogP contribution in [0.4, 0.5) is 0 Å². The van der Waals surface area contributed by atoms with Gasteiger partial charge in [0.25, 0.3) is 5.91 Å². The number of aryl methyl sites for hydroxylation is 1. The Kier molecular flexibility index (Phi) is 5.43. The van der Waals surface area contributed by atoms with Gasteiger partial charge in [-0.1, -0.05) is 32.0 Å². The van der Waals surface area contributed by atoms with Gasteiger partial charge in [0, 0.05) is 5.56 Å². The summed E-state index contributed by atoms with van der Waals surface area (Å²) in [5.41, 5.74) is 4.08. The number of carbonyl (C=O) groups is 1. The molecule has 0 heterocycles. The van der Waals surface area contributed by atoms with Crippen LogP contribution in [-0.4, -0.2) is 13.0 Å². The molecule has 122 valence electrons. The van der Waals surface area contributed by atoms with Crippen molar-refractivity contribution in [3.05, 3.63) is 64.7 Å². The molecule has 2 aromatic carbocycles. The van der Waals surface area contributed by atoms with Gasteiger partial charge < -0.3 is 10.1 Å². The number of nitrogens with one attached hydrogen (secondary N) is 1. The van der Waals surface area contributed by atoms with E-state index in [1.165, 1.54) is 0 Å². The molecule has 1 N–H and O–H groups in total. The van der Waals surface area contributed by atoms with Gasteiger partial charge in [-0.15, -0.1) is 0 Å². The van der Waals surface area contributed by atoms with E-state index in [4.69, 9.17) is 4.74 Å². The van der Waals surface area contributed by atoms with E-state index in [0.29, 0.717) is 11.5 Å². The molecule has 3 heteroatoms. The normalized spacial score (nSPS) is 12.1. The van der Waals surface area contributed by atoms with Gasteiger partial charge in [-0.25, -0.2) is 0 Å². The van der Waals surface area contributed by atoms with Crippen LogP contribution in [0.25, 0.3) is 0 Å². The third-order valence-electron chi connectivity index (χ3n) is 4.09. The number of carbonyl (C=O) groups excluding carboxylic acids is 1. The summed E-state index contributed by atoms with van der Waals surface area (Å²) in [6.45, 7) is 8.35. The van der Waals surface area contributed by atoms with Gasteiger partial charge in [0.15, 0.2) is 0 Å². The van der Waals surface area contributed by atoms with Gasteiger partial charge >= 0.3 is 0 Å². The molecule has 0 fully saturated rings. The minimum atomic E-state index is -0.0638. The van der Waals surface area contributed by atoms with Crippen LogP contribution in [-0.2, 0) is 0 Å². The van der Waals surface area contributed by atoms with Crippen LogP contribution in [0.5, 0.6) is 5.75 Å². The lowest BCUT2D eigenvalue weighted by Gasteiger charge is -2.21. The average Bonchev–Trinajstić information content (AvgIpc) is 2.54. The number of hydrogen-bond donors (Lipinski definition) is 1. The van der Waals surface area contributed by atoms with E-state index in [-0.39, 0.29) is 11.9 Å². The lowest BCUT2D eigenvalue weighted by Crippen LogP contribution is -2.27. The zero-order chi connectivity index (χ0) is 17.0. The summed E-state index contributed by atoms with van der Waals surface area (Å²) in [5.74, 6) is 1.21. The predicted octanol–water partition coefficient (Wildman–Crippen LogP) is 4.62. The minimum absolute atomic E-state index is 0.0561. The summed E-state index contributed by atoms with van der Waals surface area (Å²) >= 11 is 0. The first-order valence-corrected chi connectivity index (χ1v) is 7.98. The Morgan fingerprint density at radius 2 is 1.70 bits per heavy atom. The SMILES string of the molecule is COc1cc(C)c([C@@H](C)NC(=O)c2ccccc2)cc1C(C)C. The molecule has 2 aromatic rings. The molecule has 1 atom stereocenters. The fraction of sp³-hybridized carbons (Fsp3) is 0.350. The Labute approximate surface area is 138 Å². The molecule has 23 heavy (non-hydrogen) atoms. The largest absolute Gasteiger partial charge is 0.496 e. The molecular weight excluding hydrogens is 286 g/mol. The van der Waals surface area contributed by atoms with Crippen molar-refractivity contribution in [2.75, 3.05) is 7.11 Å². The molecule has 0 aromatic heterocycles. The Morgan fingerprint density at radius 3 is 2.26 bits per heavy atom. The Balaban J connectivity index is 2.27. The zero-order valence-corrected chi connectivity index (χ0v) is 14.5. The van der Waals surface area contributed by atoms with Gasteiger partial charge in [0.2, 0.25) is 0 Å². The molecule has 0 radical (unpaired) electrons. The zero-order valence-electron chi connectivity index (χ0n) is 14.5. The van der Waals surface area contributed by atoms with Crippen LogP contribution >= 0.6 is 0 Å². The quantitative estimate of drug-likeness (QED) is 0.875. The summed E-state index contributed by atoms with van der Waals surface area (Å²) in [4.78, 5) is 12.3. The van der Waals surface area contributed by atoms with E-state index in [1.54, 1.807) is 7.11 Å². The van der Waals surface area contributed by atoms with E-state index in [9.17, 15) is 4.79 Å². The number of amides is 1. The minimum Gasteiger partial charge on any atom is -0.496 e. The van der Waals surface area contributed by atoms with Gasteiger partial charge in [0.05, 0.1) is 13.2 Å². The molecular formula is C20H25NO2. The van der Waals surface area contributed by atoms with Crippen molar-refractivity contribution in [2.24, 2.45) is 0 Å². The molecule has 0 saturated carbocycles. The maximum Gasteiger partial charge on any atom is 0.251 e. The van der Waals surface area contributed by atoms with Crippen molar-refractivity contribution >= 4 is 5.91 Å². The number of ether oxygens (including phenoxy) is 1. The molecule has 0 aliphatic carbocycles. The second-order valence-corrected chi connectivity index (χ2v) is 6.17. The van der Waals surface area contributed by atoms with Crippen molar-refractivity contribution in [2.45, 2.75) is 39.7 Å². The van der Waals surface area contributed by atoms with Crippen LogP contribution < -0.4 is 10.1 Å². The number of hydrogen-bond acceptors (Lipinski definition) is 2. The van der Waals surface area contributed by atoms with Crippen LogP contribution in [0.3, 0.4) is 0 Å². The summed E-state index contributed by atoms with van der Waals surface area (Å²) in [6, 6.07) is 13.4.